The van der Waals surface area contributed by atoms with Crippen LogP contribution in [0.2, 0.25) is 0 Å². The predicted octanol–water partition coefficient (Wildman–Crippen LogP) is 4.57. The van der Waals surface area contributed by atoms with E-state index >= 15 is 0 Å². The molecular formula is C15H18O. The molecule has 1 aromatic carbocycles. The molecule has 1 nitrogen and oxygen atoms in total. The van der Waals surface area contributed by atoms with Gasteiger partial charge in [-0.15, -0.1) is 6.58 Å². The number of benzene rings is 1. The first-order chi connectivity index (χ1) is 7.85. The Morgan fingerprint density at radius 2 is 1.62 bits per heavy atom. The van der Waals surface area contributed by atoms with E-state index in [2.05, 4.69) is 48.8 Å². The second-order valence-electron chi connectivity index (χ2n) is 2.81. The van der Waals surface area contributed by atoms with Crippen molar-refractivity contribution >= 4 is 6.08 Å². The normalized spacial score (nSPS) is 8.75. The minimum Gasteiger partial charge on any atom is -0.474 e. The molecule has 0 radical (unpaired) electrons. The van der Waals surface area contributed by atoms with Crippen LogP contribution in [-0.4, -0.2) is 0 Å². The summed E-state index contributed by atoms with van der Waals surface area (Å²) in [6.07, 6.45) is 9.65. The quantitative estimate of drug-likeness (QED) is 0.515. The molecule has 0 aliphatic rings. The third-order valence-electron chi connectivity index (χ3n) is 1.61. The van der Waals surface area contributed by atoms with Crippen LogP contribution in [0.4, 0.5) is 0 Å². The Kier molecular flexibility index (Phi) is 9.66. The Labute approximate surface area is 98.1 Å². The highest BCUT2D eigenvalue weighted by atomic mass is 16.5. The van der Waals surface area contributed by atoms with E-state index in [1.807, 2.05) is 24.3 Å². The Morgan fingerprint density at radius 3 is 2.06 bits per heavy atom. The number of rotatable bonds is 5. The summed E-state index contributed by atoms with van der Waals surface area (Å²) in [7, 11) is 0. The lowest BCUT2D eigenvalue weighted by molar-refractivity contribution is 0.406. The van der Waals surface area contributed by atoms with Gasteiger partial charge < -0.3 is 4.74 Å². The molecule has 0 spiro atoms. The molecule has 0 N–H and O–H groups in total. The van der Waals surface area contributed by atoms with E-state index in [0.29, 0.717) is 0 Å². The number of allylic oxidation sites excluding steroid dienone is 2. The van der Waals surface area contributed by atoms with Gasteiger partial charge in [-0.2, -0.15) is 0 Å². The van der Waals surface area contributed by atoms with Crippen LogP contribution in [0.25, 0.3) is 6.08 Å². The predicted molar refractivity (Wildman–Crippen MR) is 71.8 cm³/mol. The summed E-state index contributed by atoms with van der Waals surface area (Å²) >= 11 is 0. The van der Waals surface area contributed by atoms with Gasteiger partial charge in [-0.3, -0.25) is 0 Å². The summed E-state index contributed by atoms with van der Waals surface area (Å²) in [5.74, 6) is 0. The molecule has 0 saturated heterocycles. The van der Waals surface area contributed by atoms with Gasteiger partial charge in [0.25, 0.3) is 0 Å². The van der Waals surface area contributed by atoms with E-state index in [4.69, 9.17) is 0 Å². The van der Waals surface area contributed by atoms with Crippen LogP contribution in [-0.2, 0) is 4.74 Å². The summed E-state index contributed by atoms with van der Waals surface area (Å²) in [5, 5.41) is 0. The zero-order chi connectivity index (χ0) is 12.1. The van der Waals surface area contributed by atoms with Crippen molar-refractivity contribution in [3.05, 3.63) is 80.3 Å². The van der Waals surface area contributed by atoms with Crippen molar-refractivity contribution in [2.45, 2.75) is 6.42 Å². The topological polar surface area (TPSA) is 9.23 Å². The van der Waals surface area contributed by atoms with E-state index in [1.54, 1.807) is 0 Å². The van der Waals surface area contributed by atoms with Crippen LogP contribution in [0.3, 0.4) is 0 Å². The van der Waals surface area contributed by atoms with Crippen molar-refractivity contribution in [1.29, 1.82) is 0 Å². The largest absolute Gasteiger partial charge is 0.474 e. The molecule has 0 heterocycles. The fraction of sp³-hybridized carbons (Fsp3) is 0.0667. The lowest BCUT2D eigenvalue weighted by Gasteiger charge is -1.88. The van der Waals surface area contributed by atoms with Crippen molar-refractivity contribution in [2.24, 2.45) is 0 Å². The van der Waals surface area contributed by atoms with E-state index in [9.17, 15) is 0 Å². The molecule has 0 unspecified atom stereocenters. The van der Waals surface area contributed by atoms with Gasteiger partial charge in [0.05, 0.1) is 12.5 Å². The maximum absolute atomic E-state index is 4.36. The van der Waals surface area contributed by atoms with Crippen molar-refractivity contribution in [2.75, 3.05) is 0 Å². The standard InChI is InChI=1S/C11H12.C4H6O/c1-2-3-5-8-11-9-6-4-7-10-11;1-3-5-4-2/h2,4-10H,1,3H2;3-4H,1-2H2. The molecule has 1 rings (SSSR count). The summed E-state index contributed by atoms with van der Waals surface area (Å²) in [6, 6.07) is 10.3. The third kappa shape index (κ3) is 8.57. The highest BCUT2D eigenvalue weighted by molar-refractivity contribution is 5.48. The molecule has 16 heavy (non-hydrogen) atoms. The first-order valence-corrected chi connectivity index (χ1v) is 5.05. The first-order valence-electron chi connectivity index (χ1n) is 5.05. The number of hydrogen-bond donors (Lipinski definition) is 0. The molecule has 0 aliphatic carbocycles. The van der Waals surface area contributed by atoms with E-state index in [-0.39, 0.29) is 0 Å². The summed E-state index contributed by atoms with van der Waals surface area (Å²) in [4.78, 5) is 0. The van der Waals surface area contributed by atoms with E-state index in [0.717, 1.165) is 6.42 Å². The monoisotopic (exact) mass is 214 g/mol. The second-order valence-corrected chi connectivity index (χ2v) is 2.81. The van der Waals surface area contributed by atoms with Crippen molar-refractivity contribution in [1.82, 2.24) is 0 Å². The maximum Gasteiger partial charge on any atom is 0.0829 e. The van der Waals surface area contributed by atoms with Gasteiger partial charge >= 0.3 is 0 Å². The Hall–Kier alpha value is -2.02. The Bertz CT molecular complexity index is 317. The van der Waals surface area contributed by atoms with Crippen LogP contribution in [0, 0.1) is 0 Å². The molecule has 0 amide bonds. The van der Waals surface area contributed by atoms with Gasteiger partial charge in [-0.25, -0.2) is 0 Å². The fourth-order valence-corrected chi connectivity index (χ4v) is 0.933. The average molecular weight is 214 g/mol. The van der Waals surface area contributed by atoms with E-state index in [1.165, 1.54) is 18.1 Å². The highest BCUT2D eigenvalue weighted by Crippen LogP contribution is 2.01. The van der Waals surface area contributed by atoms with Crippen molar-refractivity contribution in [3.63, 3.8) is 0 Å². The van der Waals surface area contributed by atoms with Gasteiger partial charge in [0.1, 0.15) is 0 Å². The summed E-state index contributed by atoms with van der Waals surface area (Å²) < 4.78 is 4.36. The van der Waals surface area contributed by atoms with Crippen LogP contribution < -0.4 is 0 Å². The first kappa shape index (κ1) is 14.0. The van der Waals surface area contributed by atoms with Gasteiger partial charge in [-0.1, -0.05) is 61.7 Å². The van der Waals surface area contributed by atoms with Crippen LogP contribution in [0.15, 0.2) is 74.7 Å². The molecule has 0 aromatic heterocycles. The van der Waals surface area contributed by atoms with Gasteiger partial charge in [0.2, 0.25) is 0 Å². The lowest BCUT2D eigenvalue weighted by Crippen LogP contribution is -1.67. The molecule has 0 aliphatic heterocycles. The number of hydrogen-bond acceptors (Lipinski definition) is 1. The molecule has 0 atom stereocenters. The Morgan fingerprint density at radius 1 is 1.00 bits per heavy atom. The summed E-state index contributed by atoms with van der Waals surface area (Å²) in [5.41, 5.74) is 1.24. The van der Waals surface area contributed by atoms with Gasteiger partial charge in [0, 0.05) is 0 Å². The molecule has 84 valence electrons. The third-order valence-corrected chi connectivity index (χ3v) is 1.61. The second kappa shape index (κ2) is 11.1. The minimum atomic E-state index is 0.939. The zero-order valence-electron chi connectivity index (χ0n) is 9.51. The van der Waals surface area contributed by atoms with Crippen LogP contribution in [0.5, 0.6) is 0 Å². The fourth-order valence-electron chi connectivity index (χ4n) is 0.933. The summed E-state index contributed by atoms with van der Waals surface area (Å²) in [6.45, 7) is 10.2. The maximum atomic E-state index is 4.36. The number of ether oxygens (including phenoxy) is 1. The van der Waals surface area contributed by atoms with Gasteiger partial charge in [-0.05, 0) is 12.0 Å². The van der Waals surface area contributed by atoms with Crippen molar-refractivity contribution in [3.8, 4) is 0 Å². The highest BCUT2D eigenvalue weighted by Gasteiger charge is 1.79. The SMILES string of the molecule is C=CCC=Cc1ccccc1.C=COC=C. The molecule has 0 bridgehead atoms. The molecule has 0 fully saturated rings. The van der Waals surface area contributed by atoms with E-state index < -0.39 is 0 Å². The Balaban J connectivity index is 0.000000385. The van der Waals surface area contributed by atoms with Crippen molar-refractivity contribution < 1.29 is 4.74 Å². The molecule has 1 aromatic rings. The van der Waals surface area contributed by atoms with Crippen LogP contribution in [0.1, 0.15) is 12.0 Å². The lowest BCUT2D eigenvalue weighted by atomic mass is 10.2. The van der Waals surface area contributed by atoms with Gasteiger partial charge in [0.15, 0.2) is 0 Å². The minimum absolute atomic E-state index is 0.939. The molecule has 0 saturated carbocycles. The zero-order valence-corrected chi connectivity index (χ0v) is 9.51. The smallest absolute Gasteiger partial charge is 0.0829 e. The average Bonchev–Trinajstić information content (AvgIpc) is 2.33. The molecule has 1 heteroatoms. The van der Waals surface area contributed by atoms with Crippen LogP contribution >= 0.6 is 0 Å². The molecular weight excluding hydrogens is 196 g/mol.